The number of sulfone groups is 2. The van der Waals surface area contributed by atoms with E-state index in [4.69, 9.17) is 4.42 Å². The van der Waals surface area contributed by atoms with Gasteiger partial charge in [-0.15, -0.1) is 0 Å². The molecule has 8 heteroatoms. The van der Waals surface area contributed by atoms with Gasteiger partial charge in [0.25, 0.3) is 0 Å². The maximum atomic E-state index is 12.2. The molecular weight excluding hydrogens is 316 g/mol. The molecule has 0 saturated carbocycles. The molecule has 2 rings (SSSR count). The van der Waals surface area contributed by atoms with Crippen LogP contribution in [0, 0.1) is 0 Å². The highest BCUT2D eigenvalue weighted by atomic mass is 32.2. The summed E-state index contributed by atoms with van der Waals surface area (Å²) in [5, 5.41) is 0. The average molecular weight is 328 g/mol. The highest BCUT2D eigenvalue weighted by Crippen LogP contribution is 2.19. The summed E-state index contributed by atoms with van der Waals surface area (Å²) in [5.74, 6) is -0.212. The van der Waals surface area contributed by atoms with E-state index >= 15 is 0 Å². The van der Waals surface area contributed by atoms with E-state index in [1.807, 2.05) is 0 Å². The Kier molecular flexibility index (Phi) is 4.02. The van der Waals surface area contributed by atoms with Gasteiger partial charge in [0.2, 0.25) is 0 Å². The van der Waals surface area contributed by atoms with Gasteiger partial charge in [-0.25, -0.2) is 16.8 Å². The van der Waals surface area contributed by atoms with Crippen molar-refractivity contribution < 1.29 is 26.0 Å². The summed E-state index contributed by atoms with van der Waals surface area (Å²) >= 11 is 0. The van der Waals surface area contributed by atoms with Crippen molar-refractivity contribution in [1.82, 2.24) is 0 Å². The fourth-order valence-electron chi connectivity index (χ4n) is 1.70. The van der Waals surface area contributed by atoms with Crippen LogP contribution in [0.3, 0.4) is 0 Å². The van der Waals surface area contributed by atoms with Crippen LogP contribution in [-0.4, -0.2) is 29.4 Å². The first-order valence-electron chi connectivity index (χ1n) is 5.79. The minimum atomic E-state index is -3.67. The largest absolute Gasteiger partial charge is 0.457 e. The molecule has 0 radical (unpaired) electrons. The third kappa shape index (κ3) is 3.59. The van der Waals surface area contributed by atoms with Crippen LogP contribution in [0.2, 0.25) is 0 Å². The number of benzene rings is 1. The Morgan fingerprint density at radius 3 is 2.00 bits per heavy atom. The highest BCUT2D eigenvalue weighted by molar-refractivity contribution is 7.91. The van der Waals surface area contributed by atoms with Crippen LogP contribution in [0.25, 0.3) is 0 Å². The molecule has 0 aliphatic carbocycles. The molecule has 1 aromatic carbocycles. The fourth-order valence-corrected chi connectivity index (χ4v) is 3.58. The van der Waals surface area contributed by atoms with Gasteiger partial charge in [-0.05, 0) is 36.4 Å². The van der Waals surface area contributed by atoms with Crippen LogP contribution in [0.4, 0.5) is 0 Å². The number of carbonyl (C=O) groups excluding carboxylic acids is 1. The molecule has 0 N–H and O–H groups in total. The minimum Gasteiger partial charge on any atom is -0.457 e. The monoisotopic (exact) mass is 328 g/mol. The van der Waals surface area contributed by atoms with Crippen molar-refractivity contribution in [3.63, 3.8) is 0 Å². The van der Waals surface area contributed by atoms with Gasteiger partial charge in [-0.1, -0.05) is 0 Å². The quantitative estimate of drug-likeness (QED) is 0.771. The van der Waals surface area contributed by atoms with Crippen molar-refractivity contribution >= 4 is 26.0 Å². The van der Waals surface area contributed by atoms with Gasteiger partial charge in [-0.2, -0.15) is 0 Å². The second-order valence-corrected chi connectivity index (χ2v) is 8.43. The maximum Gasteiger partial charge on any atom is 0.185 e. The first kappa shape index (κ1) is 15.5. The predicted octanol–water partition coefficient (Wildman–Crippen LogP) is 1.47. The summed E-state index contributed by atoms with van der Waals surface area (Å²) in [5.41, 5.74) is 0. The molecule has 1 aromatic heterocycles. The summed E-state index contributed by atoms with van der Waals surface area (Å²) in [6, 6.07) is 7.73. The van der Waals surface area contributed by atoms with Crippen LogP contribution in [0.5, 0.6) is 0 Å². The van der Waals surface area contributed by atoms with Gasteiger partial charge in [-0.3, -0.25) is 4.79 Å². The van der Waals surface area contributed by atoms with Crippen molar-refractivity contribution in [2.75, 3.05) is 6.26 Å². The third-order valence-electron chi connectivity index (χ3n) is 2.74. The number of furan rings is 1. The van der Waals surface area contributed by atoms with E-state index < -0.39 is 25.4 Å². The molecule has 0 atom stereocenters. The van der Waals surface area contributed by atoms with Crippen LogP contribution in [0.1, 0.15) is 16.3 Å². The zero-order chi connectivity index (χ0) is 15.7. The van der Waals surface area contributed by atoms with Crippen molar-refractivity contribution in [2.24, 2.45) is 0 Å². The number of hydrogen-bond acceptors (Lipinski definition) is 6. The van der Waals surface area contributed by atoms with Gasteiger partial charge in [0, 0.05) is 6.26 Å². The second-order valence-electron chi connectivity index (χ2n) is 4.42. The molecule has 0 bridgehead atoms. The summed E-state index contributed by atoms with van der Waals surface area (Å²) in [6.07, 6.45) is 1.53. The van der Waals surface area contributed by atoms with Gasteiger partial charge in [0.15, 0.2) is 31.7 Å². The smallest absolute Gasteiger partial charge is 0.185 e. The molecule has 0 aliphatic rings. The zero-order valence-corrected chi connectivity index (χ0v) is 12.6. The van der Waals surface area contributed by atoms with E-state index in [2.05, 4.69) is 0 Å². The molecule has 0 unspecified atom stereocenters. The Morgan fingerprint density at radius 1 is 0.952 bits per heavy atom. The number of hydrogen-bond donors (Lipinski definition) is 0. The molecule has 1 heterocycles. The Balaban J connectivity index is 2.29. The van der Waals surface area contributed by atoms with Crippen molar-refractivity contribution in [3.05, 3.63) is 47.9 Å². The Labute approximate surface area is 122 Å². The molecular formula is C13H12O6S2. The van der Waals surface area contributed by atoms with Crippen LogP contribution < -0.4 is 0 Å². The minimum absolute atomic E-state index is 0.0149. The van der Waals surface area contributed by atoms with E-state index in [0.29, 0.717) is 6.29 Å². The zero-order valence-electron chi connectivity index (χ0n) is 11.0. The highest BCUT2D eigenvalue weighted by Gasteiger charge is 2.18. The number of aldehydes is 1. The van der Waals surface area contributed by atoms with E-state index in [1.165, 1.54) is 36.4 Å². The van der Waals surface area contributed by atoms with Crippen LogP contribution >= 0.6 is 0 Å². The van der Waals surface area contributed by atoms with Crippen molar-refractivity contribution in [2.45, 2.75) is 15.5 Å². The average Bonchev–Trinajstić information content (AvgIpc) is 2.85. The first-order chi connectivity index (χ1) is 9.72. The lowest BCUT2D eigenvalue weighted by molar-refractivity contribution is 0.109. The first-order valence-corrected chi connectivity index (χ1v) is 9.33. The molecule has 2 aromatic rings. The van der Waals surface area contributed by atoms with Crippen molar-refractivity contribution in [1.29, 1.82) is 0 Å². The van der Waals surface area contributed by atoms with Crippen LogP contribution in [-0.2, 0) is 25.4 Å². The molecule has 0 spiro atoms. The molecule has 0 aliphatic heterocycles. The predicted molar refractivity (Wildman–Crippen MR) is 74.5 cm³/mol. The Hall–Kier alpha value is -1.93. The molecule has 0 saturated heterocycles. The topological polar surface area (TPSA) is 98.5 Å². The Bertz CT molecular complexity index is 858. The maximum absolute atomic E-state index is 12.2. The lowest BCUT2D eigenvalue weighted by Crippen LogP contribution is -2.05. The summed E-state index contributed by atoms with van der Waals surface area (Å²) < 4.78 is 52.0. The molecule has 112 valence electrons. The van der Waals surface area contributed by atoms with E-state index in [9.17, 15) is 21.6 Å². The third-order valence-corrected chi connectivity index (χ3v) is 5.53. The van der Waals surface area contributed by atoms with Gasteiger partial charge < -0.3 is 4.42 Å². The molecule has 21 heavy (non-hydrogen) atoms. The normalized spacial score (nSPS) is 12.2. The standard InChI is InChI=1S/C13H12O6S2/c1-20(15,16)12-4-6-13(7-5-12)21(17,18)9-11-3-2-10(8-14)19-11/h2-8H,9H2,1H3. The number of carbonyl (C=O) groups is 1. The van der Waals surface area contributed by atoms with Gasteiger partial charge in [0.1, 0.15) is 11.5 Å². The van der Waals surface area contributed by atoms with Crippen LogP contribution in [0.15, 0.2) is 50.6 Å². The van der Waals surface area contributed by atoms with Crippen molar-refractivity contribution in [3.8, 4) is 0 Å². The molecule has 6 nitrogen and oxygen atoms in total. The van der Waals surface area contributed by atoms with Gasteiger partial charge in [0.05, 0.1) is 9.79 Å². The molecule has 0 amide bonds. The number of rotatable bonds is 5. The fraction of sp³-hybridized carbons (Fsp3) is 0.154. The second kappa shape index (κ2) is 5.45. The summed E-state index contributed by atoms with van der Waals surface area (Å²) in [6.45, 7) is 0. The summed E-state index contributed by atoms with van der Waals surface area (Å²) in [7, 11) is -7.05. The SMILES string of the molecule is CS(=O)(=O)c1ccc(S(=O)(=O)Cc2ccc(C=O)o2)cc1. The Morgan fingerprint density at radius 2 is 1.52 bits per heavy atom. The van der Waals surface area contributed by atoms with E-state index in [-0.39, 0.29) is 21.3 Å². The van der Waals surface area contributed by atoms with E-state index in [0.717, 1.165) is 6.26 Å². The summed E-state index contributed by atoms with van der Waals surface area (Å²) in [4.78, 5) is 10.5. The lowest BCUT2D eigenvalue weighted by Gasteiger charge is -2.04. The van der Waals surface area contributed by atoms with Gasteiger partial charge >= 0.3 is 0 Å². The molecule has 0 fully saturated rings. The van der Waals surface area contributed by atoms with E-state index in [1.54, 1.807) is 0 Å². The lowest BCUT2D eigenvalue weighted by atomic mass is 10.4.